The number of rotatable bonds is 5. The zero-order valence-electron chi connectivity index (χ0n) is 15.3. The first kappa shape index (κ1) is 16.8. The standard InChI is InChI=1S/C18H25N7O/c1-13(2)5-6-23-7-9-24(10-8-23)15-12-16-20-17(14-4-3-11-26-14)22-25(16)18(19)21-15/h3-4,11-13H,5-10H2,1-2H3,(H2,19,21). The van der Waals surface area contributed by atoms with E-state index in [1.54, 1.807) is 10.8 Å². The van der Waals surface area contributed by atoms with Crippen LogP contribution in [0, 0.1) is 5.92 Å². The highest BCUT2D eigenvalue weighted by Crippen LogP contribution is 2.22. The van der Waals surface area contributed by atoms with Crippen LogP contribution in [0.4, 0.5) is 11.8 Å². The first-order valence-electron chi connectivity index (χ1n) is 9.14. The number of nitrogens with two attached hydrogens (primary N) is 1. The highest BCUT2D eigenvalue weighted by atomic mass is 16.3. The Hall–Kier alpha value is -2.61. The number of aromatic nitrogens is 4. The van der Waals surface area contributed by atoms with Gasteiger partial charge in [0, 0.05) is 32.2 Å². The fourth-order valence-corrected chi connectivity index (χ4v) is 3.21. The van der Waals surface area contributed by atoms with Crippen molar-refractivity contribution in [2.45, 2.75) is 20.3 Å². The molecule has 138 valence electrons. The van der Waals surface area contributed by atoms with E-state index in [0.29, 0.717) is 23.2 Å². The Bertz CT molecular complexity index is 863. The van der Waals surface area contributed by atoms with Crippen molar-refractivity contribution in [1.82, 2.24) is 24.5 Å². The number of hydrogen-bond acceptors (Lipinski definition) is 7. The van der Waals surface area contributed by atoms with E-state index >= 15 is 0 Å². The number of furan rings is 1. The van der Waals surface area contributed by atoms with Crippen LogP contribution in [-0.4, -0.2) is 57.2 Å². The van der Waals surface area contributed by atoms with Crippen LogP contribution in [0.2, 0.25) is 0 Å². The molecule has 4 rings (SSSR count). The molecule has 0 aliphatic carbocycles. The van der Waals surface area contributed by atoms with Crippen LogP contribution in [0.1, 0.15) is 20.3 Å². The lowest BCUT2D eigenvalue weighted by Gasteiger charge is -2.35. The van der Waals surface area contributed by atoms with E-state index in [-0.39, 0.29) is 0 Å². The Kier molecular flexibility index (Phi) is 4.50. The fourth-order valence-electron chi connectivity index (χ4n) is 3.21. The van der Waals surface area contributed by atoms with Crippen LogP contribution < -0.4 is 10.6 Å². The van der Waals surface area contributed by atoms with E-state index in [4.69, 9.17) is 10.2 Å². The first-order chi connectivity index (χ1) is 12.6. The van der Waals surface area contributed by atoms with E-state index in [2.05, 4.69) is 38.7 Å². The van der Waals surface area contributed by atoms with Gasteiger partial charge in [0.1, 0.15) is 5.82 Å². The topological polar surface area (TPSA) is 88.7 Å². The lowest BCUT2D eigenvalue weighted by Crippen LogP contribution is -2.47. The molecule has 2 N–H and O–H groups in total. The van der Waals surface area contributed by atoms with Crippen molar-refractivity contribution in [2.75, 3.05) is 43.4 Å². The summed E-state index contributed by atoms with van der Waals surface area (Å²) in [6, 6.07) is 5.59. The summed E-state index contributed by atoms with van der Waals surface area (Å²) >= 11 is 0. The van der Waals surface area contributed by atoms with E-state index < -0.39 is 0 Å². The number of piperazine rings is 1. The molecule has 0 spiro atoms. The SMILES string of the molecule is CC(C)CCN1CCN(c2cc3nc(-c4ccco4)nn3c(N)n2)CC1. The molecule has 0 atom stereocenters. The van der Waals surface area contributed by atoms with Gasteiger partial charge in [0.2, 0.25) is 11.8 Å². The Morgan fingerprint density at radius 2 is 2.00 bits per heavy atom. The molecule has 8 heteroatoms. The van der Waals surface area contributed by atoms with Gasteiger partial charge in [0.25, 0.3) is 0 Å². The summed E-state index contributed by atoms with van der Waals surface area (Å²) in [6.45, 7) is 9.69. The predicted octanol–water partition coefficient (Wildman–Crippen LogP) is 2.13. The number of nitrogens with zero attached hydrogens (tertiary/aromatic N) is 6. The molecular formula is C18H25N7O. The Balaban J connectivity index is 1.51. The normalized spacial score (nSPS) is 16.0. The molecule has 1 saturated heterocycles. The number of anilines is 2. The summed E-state index contributed by atoms with van der Waals surface area (Å²) in [5, 5.41) is 4.39. The maximum Gasteiger partial charge on any atom is 0.225 e. The molecule has 0 aromatic carbocycles. The Labute approximate surface area is 152 Å². The van der Waals surface area contributed by atoms with Gasteiger partial charge in [0.05, 0.1) is 6.26 Å². The van der Waals surface area contributed by atoms with Crippen molar-refractivity contribution in [3.63, 3.8) is 0 Å². The molecule has 3 aromatic heterocycles. The number of nitrogen functional groups attached to an aromatic ring is 1. The summed E-state index contributed by atoms with van der Waals surface area (Å²) in [5.74, 6) is 3.07. The van der Waals surface area contributed by atoms with Crippen LogP contribution >= 0.6 is 0 Å². The van der Waals surface area contributed by atoms with Crippen molar-refractivity contribution in [3.05, 3.63) is 24.5 Å². The van der Waals surface area contributed by atoms with Gasteiger partial charge in [-0.15, -0.1) is 5.10 Å². The minimum Gasteiger partial charge on any atom is -0.461 e. The van der Waals surface area contributed by atoms with Gasteiger partial charge in [-0.3, -0.25) is 4.90 Å². The van der Waals surface area contributed by atoms with E-state index in [0.717, 1.165) is 44.5 Å². The lowest BCUT2D eigenvalue weighted by molar-refractivity contribution is 0.243. The van der Waals surface area contributed by atoms with Crippen LogP contribution in [0.5, 0.6) is 0 Å². The number of hydrogen-bond donors (Lipinski definition) is 1. The molecular weight excluding hydrogens is 330 g/mol. The van der Waals surface area contributed by atoms with Crippen molar-refractivity contribution in [3.8, 4) is 11.6 Å². The van der Waals surface area contributed by atoms with Gasteiger partial charge in [-0.25, -0.2) is 4.98 Å². The molecule has 1 aliphatic heterocycles. The van der Waals surface area contributed by atoms with Gasteiger partial charge >= 0.3 is 0 Å². The average Bonchev–Trinajstić information content (AvgIpc) is 3.29. The third kappa shape index (κ3) is 3.37. The van der Waals surface area contributed by atoms with Gasteiger partial charge in [-0.1, -0.05) is 13.8 Å². The molecule has 4 heterocycles. The van der Waals surface area contributed by atoms with Crippen LogP contribution in [-0.2, 0) is 0 Å². The first-order valence-corrected chi connectivity index (χ1v) is 9.14. The van der Waals surface area contributed by atoms with Gasteiger partial charge in [0.15, 0.2) is 11.4 Å². The molecule has 0 radical (unpaired) electrons. The van der Waals surface area contributed by atoms with E-state index in [9.17, 15) is 0 Å². The van der Waals surface area contributed by atoms with Gasteiger partial charge in [-0.2, -0.15) is 9.50 Å². The Morgan fingerprint density at radius 1 is 1.19 bits per heavy atom. The summed E-state index contributed by atoms with van der Waals surface area (Å²) in [7, 11) is 0. The molecule has 0 amide bonds. The Morgan fingerprint density at radius 3 is 2.69 bits per heavy atom. The predicted molar refractivity (Wildman–Crippen MR) is 101 cm³/mol. The molecule has 8 nitrogen and oxygen atoms in total. The van der Waals surface area contributed by atoms with E-state index in [1.807, 2.05) is 18.2 Å². The van der Waals surface area contributed by atoms with Crippen molar-refractivity contribution in [1.29, 1.82) is 0 Å². The number of fused-ring (bicyclic) bond motifs is 1. The van der Waals surface area contributed by atoms with Crippen LogP contribution in [0.25, 0.3) is 17.2 Å². The second kappa shape index (κ2) is 6.95. The average molecular weight is 355 g/mol. The highest BCUT2D eigenvalue weighted by molar-refractivity contribution is 5.59. The second-order valence-corrected chi connectivity index (χ2v) is 7.17. The molecule has 0 bridgehead atoms. The zero-order valence-corrected chi connectivity index (χ0v) is 15.3. The maximum absolute atomic E-state index is 6.12. The molecule has 0 saturated carbocycles. The molecule has 1 aliphatic rings. The van der Waals surface area contributed by atoms with Crippen LogP contribution in [0.3, 0.4) is 0 Å². The largest absolute Gasteiger partial charge is 0.461 e. The third-order valence-corrected chi connectivity index (χ3v) is 4.80. The third-order valence-electron chi connectivity index (χ3n) is 4.80. The summed E-state index contributed by atoms with van der Waals surface area (Å²) in [5.41, 5.74) is 6.80. The molecule has 0 unspecified atom stereocenters. The minimum absolute atomic E-state index is 0.338. The molecule has 1 fully saturated rings. The van der Waals surface area contributed by atoms with Crippen LogP contribution in [0.15, 0.2) is 28.9 Å². The van der Waals surface area contributed by atoms with Crippen molar-refractivity contribution in [2.24, 2.45) is 5.92 Å². The monoisotopic (exact) mass is 355 g/mol. The quantitative estimate of drug-likeness (QED) is 0.750. The summed E-state index contributed by atoms with van der Waals surface area (Å²) < 4.78 is 6.93. The van der Waals surface area contributed by atoms with Crippen molar-refractivity contribution >= 4 is 17.4 Å². The summed E-state index contributed by atoms with van der Waals surface area (Å²) in [6.07, 6.45) is 2.85. The lowest BCUT2D eigenvalue weighted by atomic mass is 10.1. The van der Waals surface area contributed by atoms with Crippen molar-refractivity contribution < 1.29 is 4.42 Å². The highest BCUT2D eigenvalue weighted by Gasteiger charge is 2.20. The fraction of sp³-hybridized carbons (Fsp3) is 0.500. The minimum atomic E-state index is 0.338. The second-order valence-electron chi connectivity index (χ2n) is 7.17. The maximum atomic E-state index is 6.12. The van der Waals surface area contributed by atoms with E-state index in [1.165, 1.54) is 6.42 Å². The van der Waals surface area contributed by atoms with Gasteiger partial charge < -0.3 is 15.1 Å². The zero-order chi connectivity index (χ0) is 18.1. The molecule has 26 heavy (non-hydrogen) atoms. The summed E-state index contributed by atoms with van der Waals surface area (Å²) in [4.78, 5) is 13.9. The smallest absolute Gasteiger partial charge is 0.225 e. The molecule has 3 aromatic rings. The van der Waals surface area contributed by atoms with Gasteiger partial charge in [-0.05, 0) is 31.0 Å².